The molecule has 1 rings (SSSR count). The molecule has 0 aliphatic rings. The minimum Gasteiger partial charge on any atom is -0.315 e. The van der Waals surface area contributed by atoms with E-state index in [1.165, 1.54) is 0 Å². The smallest absolute Gasteiger partial charge is 0.0815 e. The maximum Gasteiger partial charge on any atom is 0.0815 e. The van der Waals surface area contributed by atoms with Crippen molar-refractivity contribution in [3.8, 4) is 0 Å². The fourth-order valence-electron chi connectivity index (χ4n) is 1.13. The van der Waals surface area contributed by atoms with E-state index in [0.29, 0.717) is 6.04 Å². The van der Waals surface area contributed by atoms with Crippen LogP contribution in [0.4, 0.5) is 0 Å². The second kappa shape index (κ2) is 4.63. The van der Waals surface area contributed by atoms with Gasteiger partial charge in [0.05, 0.1) is 16.8 Å². The molecule has 4 heteroatoms. The van der Waals surface area contributed by atoms with Crippen molar-refractivity contribution in [1.29, 1.82) is 0 Å². The fourth-order valence-corrected chi connectivity index (χ4v) is 1.27. The number of aromatic nitrogens is 2. The van der Waals surface area contributed by atoms with Crippen LogP contribution < -0.4 is 5.32 Å². The fraction of sp³-hybridized carbons (Fsp3) is 0.667. The van der Waals surface area contributed by atoms with E-state index in [1.54, 1.807) is 0 Å². The second-order valence-electron chi connectivity index (χ2n) is 3.20. The second-order valence-corrected chi connectivity index (χ2v) is 3.61. The highest BCUT2D eigenvalue weighted by molar-refractivity contribution is 6.31. The average molecular weight is 202 g/mol. The van der Waals surface area contributed by atoms with Crippen molar-refractivity contribution >= 4 is 11.6 Å². The third-order valence-electron chi connectivity index (χ3n) is 2.00. The third kappa shape index (κ3) is 2.71. The monoisotopic (exact) mass is 201 g/mol. The number of hydrogen-bond donors (Lipinski definition) is 1. The van der Waals surface area contributed by atoms with Gasteiger partial charge in [-0.2, -0.15) is 5.10 Å². The first-order chi connectivity index (χ1) is 6.15. The van der Waals surface area contributed by atoms with Crippen LogP contribution in [-0.2, 0) is 0 Å². The Bertz CT molecular complexity index is 250. The maximum absolute atomic E-state index is 5.90. The van der Waals surface area contributed by atoms with Gasteiger partial charge in [-0.25, -0.2) is 0 Å². The molecule has 1 heterocycles. The number of aryl methyl sites for hydroxylation is 1. The van der Waals surface area contributed by atoms with Crippen LogP contribution in [0.15, 0.2) is 6.20 Å². The van der Waals surface area contributed by atoms with Crippen molar-refractivity contribution in [2.75, 3.05) is 13.1 Å². The van der Waals surface area contributed by atoms with Gasteiger partial charge in [0.15, 0.2) is 0 Å². The highest BCUT2D eigenvalue weighted by Gasteiger charge is 2.07. The van der Waals surface area contributed by atoms with Gasteiger partial charge in [0, 0.05) is 12.7 Å². The molecule has 0 bridgehead atoms. The van der Waals surface area contributed by atoms with E-state index >= 15 is 0 Å². The van der Waals surface area contributed by atoms with Gasteiger partial charge in [-0.1, -0.05) is 18.5 Å². The molecule has 1 atom stereocenters. The molecule has 0 spiro atoms. The largest absolute Gasteiger partial charge is 0.315 e. The van der Waals surface area contributed by atoms with Crippen LogP contribution in [0.2, 0.25) is 5.02 Å². The molecule has 74 valence electrons. The van der Waals surface area contributed by atoms with Crippen LogP contribution in [0.1, 0.15) is 25.6 Å². The number of nitrogens with one attached hydrogen (secondary N) is 1. The molecule has 0 saturated heterocycles. The van der Waals surface area contributed by atoms with Crippen LogP contribution >= 0.6 is 11.6 Å². The number of nitrogens with zero attached hydrogens (tertiary/aromatic N) is 2. The summed E-state index contributed by atoms with van der Waals surface area (Å²) in [6.07, 6.45) is 1.87. The zero-order chi connectivity index (χ0) is 9.84. The van der Waals surface area contributed by atoms with Gasteiger partial charge in [0.2, 0.25) is 0 Å². The van der Waals surface area contributed by atoms with Crippen molar-refractivity contribution in [2.45, 2.75) is 26.8 Å². The molecule has 0 aromatic carbocycles. The van der Waals surface area contributed by atoms with E-state index in [0.717, 1.165) is 23.8 Å². The Morgan fingerprint density at radius 3 is 2.85 bits per heavy atom. The summed E-state index contributed by atoms with van der Waals surface area (Å²) < 4.78 is 1.90. The number of rotatable bonds is 4. The molecule has 0 aliphatic carbocycles. The summed E-state index contributed by atoms with van der Waals surface area (Å²) in [6.45, 7) is 8.03. The van der Waals surface area contributed by atoms with Crippen LogP contribution in [-0.4, -0.2) is 22.9 Å². The molecule has 0 fully saturated rings. The van der Waals surface area contributed by atoms with Gasteiger partial charge < -0.3 is 5.32 Å². The summed E-state index contributed by atoms with van der Waals surface area (Å²) in [5, 5.41) is 8.32. The summed E-state index contributed by atoms with van der Waals surface area (Å²) in [5.41, 5.74) is 0.894. The van der Waals surface area contributed by atoms with Crippen molar-refractivity contribution < 1.29 is 0 Å². The minimum absolute atomic E-state index is 0.353. The van der Waals surface area contributed by atoms with Gasteiger partial charge >= 0.3 is 0 Å². The zero-order valence-electron chi connectivity index (χ0n) is 8.34. The normalized spacial score (nSPS) is 13.2. The van der Waals surface area contributed by atoms with Crippen molar-refractivity contribution in [2.24, 2.45) is 0 Å². The molecule has 0 saturated carbocycles. The number of halogens is 1. The Balaban J connectivity index is 2.60. The Labute approximate surface area is 84.1 Å². The molecule has 13 heavy (non-hydrogen) atoms. The highest BCUT2D eigenvalue weighted by atomic mass is 35.5. The molecule has 1 aromatic rings. The molecule has 3 nitrogen and oxygen atoms in total. The predicted molar refractivity (Wildman–Crippen MR) is 55.2 cm³/mol. The lowest BCUT2D eigenvalue weighted by Crippen LogP contribution is -2.23. The van der Waals surface area contributed by atoms with Crippen LogP contribution in [0.25, 0.3) is 0 Å². The SMILES string of the molecule is CCNCC(C)n1cc(Cl)c(C)n1. The van der Waals surface area contributed by atoms with E-state index in [2.05, 4.69) is 24.3 Å². The quantitative estimate of drug-likeness (QED) is 0.808. The van der Waals surface area contributed by atoms with E-state index in [1.807, 2.05) is 17.8 Å². The van der Waals surface area contributed by atoms with Crippen LogP contribution in [0.5, 0.6) is 0 Å². The maximum atomic E-state index is 5.90. The van der Waals surface area contributed by atoms with E-state index in [9.17, 15) is 0 Å². The van der Waals surface area contributed by atoms with Gasteiger partial charge in [0.1, 0.15) is 0 Å². The highest BCUT2D eigenvalue weighted by Crippen LogP contribution is 2.15. The lowest BCUT2D eigenvalue weighted by atomic mass is 10.3. The van der Waals surface area contributed by atoms with Crippen LogP contribution in [0.3, 0.4) is 0 Å². The van der Waals surface area contributed by atoms with Gasteiger partial charge in [-0.3, -0.25) is 4.68 Å². The third-order valence-corrected chi connectivity index (χ3v) is 2.37. The summed E-state index contributed by atoms with van der Waals surface area (Å²) in [7, 11) is 0. The first-order valence-electron chi connectivity index (χ1n) is 4.57. The van der Waals surface area contributed by atoms with Crippen molar-refractivity contribution in [3.63, 3.8) is 0 Å². The van der Waals surface area contributed by atoms with Crippen molar-refractivity contribution in [3.05, 3.63) is 16.9 Å². The molecule has 0 amide bonds. The molecule has 0 radical (unpaired) electrons. The summed E-state index contributed by atoms with van der Waals surface area (Å²) in [6, 6.07) is 0.353. The standard InChI is InChI=1S/C9H16ClN3/c1-4-11-5-7(2)13-6-9(10)8(3)12-13/h6-7,11H,4-5H2,1-3H3. The van der Waals surface area contributed by atoms with E-state index in [-0.39, 0.29) is 0 Å². The Morgan fingerprint density at radius 1 is 1.69 bits per heavy atom. The van der Waals surface area contributed by atoms with Crippen LogP contribution in [0, 0.1) is 6.92 Å². The molecular weight excluding hydrogens is 186 g/mol. The lowest BCUT2D eigenvalue weighted by Gasteiger charge is -2.11. The first-order valence-corrected chi connectivity index (χ1v) is 4.95. The van der Waals surface area contributed by atoms with Gasteiger partial charge in [-0.05, 0) is 20.4 Å². The number of hydrogen-bond acceptors (Lipinski definition) is 2. The predicted octanol–water partition coefficient (Wildman–Crippen LogP) is 2.02. The topological polar surface area (TPSA) is 29.9 Å². The van der Waals surface area contributed by atoms with Crippen molar-refractivity contribution in [1.82, 2.24) is 15.1 Å². The average Bonchev–Trinajstić information content (AvgIpc) is 2.43. The minimum atomic E-state index is 0.353. The molecule has 0 aliphatic heterocycles. The first kappa shape index (κ1) is 10.5. The van der Waals surface area contributed by atoms with Gasteiger partial charge in [0.25, 0.3) is 0 Å². The zero-order valence-corrected chi connectivity index (χ0v) is 9.10. The number of likely N-dealkylation sites (N-methyl/N-ethyl adjacent to an activating group) is 1. The molecule has 1 unspecified atom stereocenters. The van der Waals surface area contributed by atoms with E-state index < -0.39 is 0 Å². The summed E-state index contributed by atoms with van der Waals surface area (Å²) >= 11 is 5.90. The molecule has 1 aromatic heterocycles. The van der Waals surface area contributed by atoms with Gasteiger partial charge in [-0.15, -0.1) is 0 Å². The molecule has 1 N–H and O–H groups in total. The Morgan fingerprint density at radius 2 is 2.38 bits per heavy atom. The van der Waals surface area contributed by atoms with E-state index in [4.69, 9.17) is 11.6 Å². The Kier molecular flexibility index (Phi) is 3.75. The Hall–Kier alpha value is -0.540. The summed E-state index contributed by atoms with van der Waals surface area (Å²) in [4.78, 5) is 0. The lowest BCUT2D eigenvalue weighted by molar-refractivity contribution is 0.458. The molecular formula is C9H16ClN3. The summed E-state index contributed by atoms with van der Waals surface area (Å²) in [5.74, 6) is 0.